The summed E-state index contributed by atoms with van der Waals surface area (Å²) in [5.41, 5.74) is 2.45. The third kappa shape index (κ3) is 5.28. The highest BCUT2D eigenvalue weighted by Crippen LogP contribution is 2.25. The Balaban J connectivity index is 1.96. The molecule has 5 heteroatoms. The molecule has 1 unspecified atom stereocenters. The summed E-state index contributed by atoms with van der Waals surface area (Å²) < 4.78 is 5.44. The zero-order valence-electron chi connectivity index (χ0n) is 14.0. The van der Waals surface area contributed by atoms with E-state index >= 15 is 0 Å². The maximum atomic E-state index is 5.44. The molecule has 0 aliphatic carbocycles. The zero-order chi connectivity index (χ0) is 16.5. The van der Waals surface area contributed by atoms with E-state index in [0.717, 1.165) is 24.8 Å². The number of hydrogen-bond acceptors (Lipinski definition) is 3. The number of para-hydroxylation sites is 1. The van der Waals surface area contributed by atoms with E-state index in [-0.39, 0.29) is 0 Å². The second-order valence-corrected chi connectivity index (χ2v) is 6.13. The number of methoxy groups -OCH3 is 1. The van der Waals surface area contributed by atoms with E-state index in [4.69, 9.17) is 4.74 Å². The van der Waals surface area contributed by atoms with E-state index < -0.39 is 0 Å². The lowest BCUT2D eigenvalue weighted by Gasteiger charge is -2.18. The van der Waals surface area contributed by atoms with Crippen molar-refractivity contribution in [3.05, 3.63) is 52.2 Å². The van der Waals surface area contributed by atoms with Crippen LogP contribution in [-0.4, -0.2) is 26.2 Å². The minimum atomic E-state index is 0.330. The van der Waals surface area contributed by atoms with E-state index in [1.807, 2.05) is 18.2 Å². The minimum Gasteiger partial charge on any atom is -0.496 e. The Morgan fingerprint density at radius 2 is 2.09 bits per heavy atom. The Morgan fingerprint density at radius 3 is 2.78 bits per heavy atom. The predicted octanol–water partition coefficient (Wildman–Crippen LogP) is 3.62. The minimum absolute atomic E-state index is 0.330. The van der Waals surface area contributed by atoms with Crippen LogP contribution in [0.5, 0.6) is 5.75 Å². The van der Waals surface area contributed by atoms with Crippen molar-refractivity contribution in [2.45, 2.75) is 26.3 Å². The molecule has 0 radical (unpaired) electrons. The largest absolute Gasteiger partial charge is 0.496 e. The van der Waals surface area contributed by atoms with Crippen molar-refractivity contribution in [3.8, 4) is 5.75 Å². The zero-order valence-corrected chi connectivity index (χ0v) is 14.8. The fourth-order valence-corrected chi connectivity index (χ4v) is 2.99. The number of nitrogens with one attached hydrogen (secondary N) is 2. The Bertz CT molecular complexity index is 610. The van der Waals surface area contributed by atoms with Crippen LogP contribution in [0.1, 0.15) is 30.9 Å². The Labute approximate surface area is 142 Å². The van der Waals surface area contributed by atoms with Crippen LogP contribution in [0.15, 0.2) is 46.1 Å². The summed E-state index contributed by atoms with van der Waals surface area (Å²) in [5, 5.41) is 10.9. The molecule has 0 aliphatic rings. The van der Waals surface area contributed by atoms with Crippen molar-refractivity contribution in [2.75, 3.05) is 20.2 Å². The molecule has 124 valence electrons. The first kappa shape index (κ1) is 17.3. The van der Waals surface area contributed by atoms with E-state index in [1.165, 1.54) is 11.1 Å². The first-order valence-electron chi connectivity index (χ1n) is 7.90. The summed E-state index contributed by atoms with van der Waals surface area (Å²) >= 11 is 1.70. The number of benzene rings is 1. The monoisotopic (exact) mass is 331 g/mol. The van der Waals surface area contributed by atoms with Crippen molar-refractivity contribution in [1.82, 2.24) is 10.6 Å². The van der Waals surface area contributed by atoms with Crippen LogP contribution in [0.25, 0.3) is 0 Å². The van der Waals surface area contributed by atoms with Crippen LogP contribution in [0.4, 0.5) is 0 Å². The predicted molar refractivity (Wildman–Crippen MR) is 98.5 cm³/mol. The van der Waals surface area contributed by atoms with Gasteiger partial charge in [-0.15, -0.1) is 0 Å². The standard InChI is InChI=1S/C18H25N3OS/c1-4-19-18(21-12-15-9-10-23-13-15)20-11-14(2)16-7-5-6-8-17(16)22-3/h5-10,13-14H,4,11-12H2,1-3H3,(H2,19,20,21). The SMILES string of the molecule is CCNC(=NCc1ccsc1)NCC(C)c1ccccc1OC. The third-order valence-corrected chi connectivity index (χ3v) is 4.32. The number of guanidine groups is 1. The molecule has 1 heterocycles. The summed E-state index contributed by atoms with van der Waals surface area (Å²) in [5.74, 6) is 2.11. The van der Waals surface area contributed by atoms with Crippen molar-refractivity contribution in [3.63, 3.8) is 0 Å². The molecule has 0 bridgehead atoms. The highest BCUT2D eigenvalue weighted by molar-refractivity contribution is 7.07. The van der Waals surface area contributed by atoms with Gasteiger partial charge in [-0.3, -0.25) is 0 Å². The Hall–Kier alpha value is -2.01. The molecule has 2 rings (SSSR count). The summed E-state index contributed by atoms with van der Waals surface area (Å²) in [6, 6.07) is 10.3. The number of thiophene rings is 1. The maximum Gasteiger partial charge on any atom is 0.191 e. The van der Waals surface area contributed by atoms with Gasteiger partial charge in [0, 0.05) is 19.0 Å². The van der Waals surface area contributed by atoms with Gasteiger partial charge in [0.15, 0.2) is 5.96 Å². The molecule has 0 saturated heterocycles. The quantitative estimate of drug-likeness (QED) is 0.602. The second kappa shape index (κ2) is 9.20. The van der Waals surface area contributed by atoms with E-state index in [1.54, 1.807) is 18.4 Å². The topological polar surface area (TPSA) is 45.7 Å². The van der Waals surface area contributed by atoms with Crippen molar-refractivity contribution in [2.24, 2.45) is 4.99 Å². The molecule has 2 aromatic rings. The normalized spacial score (nSPS) is 12.7. The molecule has 0 aliphatic heterocycles. The van der Waals surface area contributed by atoms with Gasteiger partial charge in [-0.1, -0.05) is 25.1 Å². The van der Waals surface area contributed by atoms with E-state index in [2.05, 4.69) is 52.4 Å². The Kier molecular flexibility index (Phi) is 6.94. The summed E-state index contributed by atoms with van der Waals surface area (Å²) in [4.78, 5) is 4.63. The van der Waals surface area contributed by atoms with Gasteiger partial charge < -0.3 is 15.4 Å². The van der Waals surface area contributed by atoms with Crippen LogP contribution < -0.4 is 15.4 Å². The van der Waals surface area contributed by atoms with Crippen molar-refractivity contribution in [1.29, 1.82) is 0 Å². The first-order valence-corrected chi connectivity index (χ1v) is 8.85. The van der Waals surface area contributed by atoms with Crippen LogP contribution in [0, 0.1) is 0 Å². The van der Waals surface area contributed by atoms with Crippen LogP contribution >= 0.6 is 11.3 Å². The fraction of sp³-hybridized carbons (Fsp3) is 0.389. The lowest BCUT2D eigenvalue weighted by atomic mass is 10.0. The molecule has 2 N–H and O–H groups in total. The second-order valence-electron chi connectivity index (χ2n) is 5.35. The lowest BCUT2D eigenvalue weighted by molar-refractivity contribution is 0.406. The highest BCUT2D eigenvalue weighted by Gasteiger charge is 2.11. The molecule has 1 aromatic carbocycles. The fourth-order valence-electron chi connectivity index (χ4n) is 2.33. The summed E-state index contributed by atoms with van der Waals surface area (Å²) in [6.45, 7) is 6.61. The smallest absolute Gasteiger partial charge is 0.191 e. The van der Waals surface area contributed by atoms with Gasteiger partial charge in [-0.25, -0.2) is 4.99 Å². The molecule has 0 amide bonds. The highest BCUT2D eigenvalue weighted by atomic mass is 32.1. The number of hydrogen-bond donors (Lipinski definition) is 2. The van der Waals surface area contributed by atoms with E-state index in [9.17, 15) is 0 Å². The van der Waals surface area contributed by atoms with Crippen molar-refractivity contribution < 1.29 is 4.74 Å². The molecule has 0 spiro atoms. The van der Waals surface area contributed by atoms with Gasteiger partial charge in [0.25, 0.3) is 0 Å². The maximum absolute atomic E-state index is 5.44. The van der Waals surface area contributed by atoms with Crippen molar-refractivity contribution >= 4 is 17.3 Å². The van der Waals surface area contributed by atoms with Gasteiger partial charge in [0.05, 0.1) is 13.7 Å². The van der Waals surface area contributed by atoms with Crippen LogP contribution in [-0.2, 0) is 6.54 Å². The van der Waals surface area contributed by atoms with Crippen LogP contribution in [0.3, 0.4) is 0 Å². The molecular weight excluding hydrogens is 306 g/mol. The number of nitrogens with zero attached hydrogens (tertiary/aromatic N) is 1. The van der Waals surface area contributed by atoms with E-state index in [0.29, 0.717) is 12.5 Å². The number of rotatable bonds is 7. The van der Waals surface area contributed by atoms with Gasteiger partial charge in [-0.05, 0) is 40.9 Å². The molecule has 0 saturated carbocycles. The summed E-state index contributed by atoms with van der Waals surface area (Å²) in [6.07, 6.45) is 0. The van der Waals surface area contributed by atoms with Gasteiger partial charge in [0.1, 0.15) is 5.75 Å². The average Bonchev–Trinajstić information content (AvgIpc) is 3.10. The first-order chi connectivity index (χ1) is 11.2. The van der Waals surface area contributed by atoms with Gasteiger partial charge >= 0.3 is 0 Å². The molecule has 23 heavy (non-hydrogen) atoms. The lowest BCUT2D eigenvalue weighted by Crippen LogP contribution is -2.39. The summed E-state index contributed by atoms with van der Waals surface area (Å²) in [7, 11) is 1.71. The molecule has 0 fully saturated rings. The van der Waals surface area contributed by atoms with Gasteiger partial charge in [-0.2, -0.15) is 11.3 Å². The number of aliphatic imine (C=N–C) groups is 1. The molecular formula is C18H25N3OS. The van der Waals surface area contributed by atoms with Gasteiger partial charge in [0.2, 0.25) is 0 Å². The average molecular weight is 331 g/mol. The van der Waals surface area contributed by atoms with Crippen LogP contribution in [0.2, 0.25) is 0 Å². The number of ether oxygens (including phenoxy) is 1. The molecule has 1 atom stereocenters. The molecule has 1 aromatic heterocycles. The molecule has 4 nitrogen and oxygen atoms in total. The third-order valence-electron chi connectivity index (χ3n) is 3.59. The Morgan fingerprint density at radius 1 is 1.26 bits per heavy atom.